The van der Waals surface area contributed by atoms with E-state index in [1.165, 1.54) is 19.1 Å². The van der Waals surface area contributed by atoms with E-state index >= 15 is 0 Å². The average Bonchev–Trinajstić information content (AvgIpc) is 2.84. The van der Waals surface area contributed by atoms with Gasteiger partial charge >= 0.3 is 0 Å². The third-order valence-corrected chi connectivity index (χ3v) is 3.62. The first-order chi connectivity index (χ1) is 11.0. The summed E-state index contributed by atoms with van der Waals surface area (Å²) < 4.78 is 0. The summed E-state index contributed by atoms with van der Waals surface area (Å²) in [5, 5.41) is 14.0. The van der Waals surface area contributed by atoms with Crippen molar-refractivity contribution in [2.24, 2.45) is 0 Å². The molecule has 2 aromatic carbocycles. The van der Waals surface area contributed by atoms with Crippen LogP contribution in [0.25, 0.3) is 6.08 Å². The first kappa shape index (κ1) is 14.6. The number of nitrogens with one attached hydrogen (secondary N) is 1. The van der Waals surface area contributed by atoms with E-state index < -0.39 is 4.92 Å². The van der Waals surface area contributed by atoms with Crippen LogP contribution >= 0.6 is 0 Å². The zero-order valence-electron chi connectivity index (χ0n) is 12.2. The fourth-order valence-corrected chi connectivity index (χ4v) is 2.56. The molecular formula is C17H12N2O4. The van der Waals surface area contributed by atoms with Crippen LogP contribution in [0.1, 0.15) is 33.2 Å². The van der Waals surface area contributed by atoms with Crippen molar-refractivity contribution in [1.29, 1.82) is 0 Å². The van der Waals surface area contributed by atoms with Gasteiger partial charge in [0.1, 0.15) is 0 Å². The van der Waals surface area contributed by atoms with Crippen molar-refractivity contribution in [3.05, 3.63) is 75.0 Å². The number of nitro benzene ring substituents is 1. The van der Waals surface area contributed by atoms with Gasteiger partial charge in [0.25, 0.3) is 5.69 Å². The van der Waals surface area contributed by atoms with E-state index in [2.05, 4.69) is 5.32 Å². The first-order valence-corrected chi connectivity index (χ1v) is 6.90. The van der Waals surface area contributed by atoms with Crippen molar-refractivity contribution in [2.75, 3.05) is 5.32 Å². The number of benzene rings is 2. The number of carbonyl (C=O) groups is 2. The summed E-state index contributed by atoms with van der Waals surface area (Å²) in [4.78, 5) is 34.8. The van der Waals surface area contributed by atoms with Gasteiger partial charge < -0.3 is 5.32 Å². The summed E-state index contributed by atoms with van der Waals surface area (Å²) in [6.07, 6.45) is 1.43. The quantitative estimate of drug-likeness (QED) is 0.406. The average molecular weight is 308 g/mol. The number of fused-ring (bicyclic) bond motifs is 1. The van der Waals surface area contributed by atoms with Gasteiger partial charge in [-0.25, -0.2) is 0 Å². The predicted molar refractivity (Wildman–Crippen MR) is 85.5 cm³/mol. The second kappa shape index (κ2) is 5.49. The maximum atomic E-state index is 12.6. The lowest BCUT2D eigenvalue weighted by molar-refractivity contribution is -0.385. The molecule has 0 aliphatic carbocycles. The van der Waals surface area contributed by atoms with Gasteiger partial charge in [-0.1, -0.05) is 24.3 Å². The number of ketones is 2. The van der Waals surface area contributed by atoms with Crippen LogP contribution in [0.3, 0.4) is 0 Å². The number of carbonyl (C=O) groups excluding carboxylic acids is 2. The van der Waals surface area contributed by atoms with Gasteiger partial charge in [-0.05, 0) is 25.1 Å². The monoisotopic (exact) mass is 308 g/mol. The van der Waals surface area contributed by atoms with Crippen LogP contribution in [0.4, 0.5) is 11.4 Å². The Morgan fingerprint density at radius 3 is 2.61 bits per heavy atom. The van der Waals surface area contributed by atoms with E-state index in [0.717, 1.165) is 0 Å². The smallest absolute Gasteiger partial charge is 0.276 e. The SMILES string of the molecule is CC(=O)c1cccc2c1C(=O)C(=Cc1ccccc1[N+](=O)[O-])N2. The Morgan fingerprint density at radius 2 is 1.91 bits per heavy atom. The van der Waals surface area contributed by atoms with E-state index in [4.69, 9.17) is 0 Å². The maximum Gasteiger partial charge on any atom is 0.276 e. The zero-order chi connectivity index (χ0) is 16.6. The summed E-state index contributed by atoms with van der Waals surface area (Å²) in [7, 11) is 0. The third-order valence-electron chi connectivity index (χ3n) is 3.62. The predicted octanol–water partition coefficient (Wildman–Crippen LogP) is 3.45. The summed E-state index contributed by atoms with van der Waals surface area (Å²) in [6.45, 7) is 1.40. The number of rotatable bonds is 3. The second-order valence-corrected chi connectivity index (χ2v) is 5.11. The summed E-state index contributed by atoms with van der Waals surface area (Å²) >= 11 is 0. The Labute approximate surface area is 131 Å². The molecule has 0 aromatic heterocycles. The van der Waals surface area contributed by atoms with Crippen LogP contribution in [0.2, 0.25) is 0 Å². The van der Waals surface area contributed by atoms with E-state index in [1.54, 1.807) is 36.4 Å². The molecule has 114 valence electrons. The number of hydrogen-bond donors (Lipinski definition) is 1. The van der Waals surface area contributed by atoms with Crippen molar-refractivity contribution in [1.82, 2.24) is 0 Å². The number of para-hydroxylation sites is 1. The van der Waals surface area contributed by atoms with E-state index in [1.807, 2.05) is 0 Å². The molecule has 0 amide bonds. The molecule has 0 bridgehead atoms. The highest BCUT2D eigenvalue weighted by Gasteiger charge is 2.29. The molecule has 0 radical (unpaired) electrons. The van der Waals surface area contributed by atoms with E-state index in [0.29, 0.717) is 22.4 Å². The summed E-state index contributed by atoms with van der Waals surface area (Å²) in [5.41, 5.74) is 1.63. The molecule has 2 aromatic rings. The number of hydrogen-bond acceptors (Lipinski definition) is 5. The maximum absolute atomic E-state index is 12.6. The molecule has 3 rings (SSSR count). The number of anilines is 1. The van der Waals surface area contributed by atoms with E-state index in [-0.39, 0.29) is 23.0 Å². The highest BCUT2D eigenvalue weighted by atomic mass is 16.6. The minimum atomic E-state index is -0.500. The van der Waals surface area contributed by atoms with Gasteiger partial charge in [0.15, 0.2) is 5.78 Å². The topological polar surface area (TPSA) is 89.3 Å². The largest absolute Gasteiger partial charge is 0.352 e. The number of Topliss-reactive ketones (excluding diaryl/α,β-unsaturated/α-hetero) is 2. The Balaban J connectivity index is 2.09. The minimum absolute atomic E-state index is 0.0858. The molecule has 23 heavy (non-hydrogen) atoms. The van der Waals surface area contributed by atoms with Gasteiger partial charge in [0.2, 0.25) is 5.78 Å². The number of nitrogens with zero attached hydrogens (tertiary/aromatic N) is 1. The van der Waals surface area contributed by atoms with Crippen LogP contribution in [0.15, 0.2) is 48.2 Å². The Bertz CT molecular complexity index is 884. The molecule has 1 N–H and O–H groups in total. The molecule has 0 saturated carbocycles. The van der Waals surface area contributed by atoms with Crippen molar-refractivity contribution < 1.29 is 14.5 Å². The van der Waals surface area contributed by atoms with Crippen molar-refractivity contribution in [2.45, 2.75) is 6.92 Å². The van der Waals surface area contributed by atoms with Crippen LogP contribution < -0.4 is 5.32 Å². The lowest BCUT2D eigenvalue weighted by Crippen LogP contribution is -2.04. The molecule has 6 heteroatoms. The molecule has 0 unspecified atom stereocenters. The highest BCUT2D eigenvalue weighted by Crippen LogP contribution is 2.33. The van der Waals surface area contributed by atoms with Gasteiger partial charge in [-0.2, -0.15) is 0 Å². The molecule has 1 aliphatic heterocycles. The molecular weight excluding hydrogens is 296 g/mol. The van der Waals surface area contributed by atoms with E-state index in [9.17, 15) is 19.7 Å². The lowest BCUT2D eigenvalue weighted by atomic mass is 10.00. The fraction of sp³-hybridized carbons (Fsp3) is 0.0588. The van der Waals surface area contributed by atoms with Gasteiger partial charge in [0.05, 0.1) is 27.4 Å². The zero-order valence-corrected chi connectivity index (χ0v) is 12.2. The van der Waals surface area contributed by atoms with Crippen LogP contribution in [-0.4, -0.2) is 16.5 Å². The van der Waals surface area contributed by atoms with Crippen molar-refractivity contribution in [3.8, 4) is 0 Å². The lowest BCUT2D eigenvalue weighted by Gasteiger charge is -2.01. The normalized spacial score (nSPS) is 14.5. The molecule has 0 spiro atoms. The Kier molecular flexibility index (Phi) is 3.50. The van der Waals surface area contributed by atoms with Gasteiger partial charge in [0, 0.05) is 11.6 Å². The van der Waals surface area contributed by atoms with Crippen molar-refractivity contribution in [3.63, 3.8) is 0 Å². The number of nitro groups is 1. The highest BCUT2D eigenvalue weighted by molar-refractivity contribution is 6.24. The van der Waals surface area contributed by atoms with Gasteiger partial charge in [-0.15, -0.1) is 0 Å². The molecule has 0 fully saturated rings. The molecule has 0 atom stereocenters. The molecule has 6 nitrogen and oxygen atoms in total. The minimum Gasteiger partial charge on any atom is -0.352 e. The number of allylic oxidation sites excluding steroid dienone is 1. The fourth-order valence-electron chi connectivity index (χ4n) is 2.56. The second-order valence-electron chi connectivity index (χ2n) is 5.11. The molecule has 1 aliphatic rings. The molecule has 0 saturated heterocycles. The molecule has 1 heterocycles. The van der Waals surface area contributed by atoms with Crippen molar-refractivity contribution >= 4 is 29.0 Å². The Hall–Kier alpha value is -3.28. The first-order valence-electron chi connectivity index (χ1n) is 6.90. The standard InChI is InChI=1S/C17H12N2O4/c1-10(20)12-6-4-7-13-16(12)17(21)14(18-13)9-11-5-2-3-8-15(11)19(22)23/h2-9,18H,1H3. The van der Waals surface area contributed by atoms with Crippen LogP contribution in [0, 0.1) is 10.1 Å². The summed E-state index contributed by atoms with van der Waals surface area (Å²) in [5.74, 6) is -0.548. The summed E-state index contributed by atoms with van der Waals surface area (Å²) in [6, 6.07) is 11.1. The van der Waals surface area contributed by atoms with Crippen LogP contribution in [-0.2, 0) is 0 Å². The van der Waals surface area contributed by atoms with Crippen LogP contribution in [0.5, 0.6) is 0 Å². The van der Waals surface area contributed by atoms with Gasteiger partial charge in [-0.3, -0.25) is 19.7 Å². The Morgan fingerprint density at radius 1 is 1.17 bits per heavy atom. The third kappa shape index (κ3) is 2.50.